The maximum absolute atomic E-state index is 13.2. The van der Waals surface area contributed by atoms with E-state index in [1.54, 1.807) is 0 Å². The van der Waals surface area contributed by atoms with Crippen molar-refractivity contribution in [2.45, 2.75) is 12.5 Å². The number of hydrogen-bond acceptors (Lipinski definition) is 7. The summed E-state index contributed by atoms with van der Waals surface area (Å²) >= 11 is 0. The first-order valence-corrected chi connectivity index (χ1v) is 10.2. The number of esters is 2. The van der Waals surface area contributed by atoms with Gasteiger partial charge in [-0.3, -0.25) is 14.4 Å². The van der Waals surface area contributed by atoms with Crippen LogP contribution in [-0.4, -0.2) is 67.9 Å². The number of nitrogens with zero attached hydrogens (tertiary/aromatic N) is 1. The number of benzene rings is 2. The van der Waals surface area contributed by atoms with Crippen LogP contribution in [-0.2, 0) is 19.1 Å². The summed E-state index contributed by atoms with van der Waals surface area (Å²) in [6.07, 6.45) is -0.394. The van der Waals surface area contributed by atoms with Crippen LogP contribution in [0.15, 0.2) is 42.5 Å². The molecular weight excluding hydrogens is 449 g/mol. The lowest BCUT2D eigenvalue weighted by atomic mass is 10.1. The molecule has 0 saturated carbocycles. The minimum atomic E-state index is -1.12. The van der Waals surface area contributed by atoms with E-state index in [9.17, 15) is 28.4 Å². The monoisotopic (exact) mass is 471 g/mol. The van der Waals surface area contributed by atoms with Crippen LogP contribution < -0.4 is 10.6 Å². The van der Waals surface area contributed by atoms with E-state index in [4.69, 9.17) is 0 Å². The SMILES string of the molecule is COC(=O)c1cc(NC(=O)C[C@@H]2C(=O)NCCN2C(=O)c2ccc(F)cc2)cc(C(=O)OC)c1. The van der Waals surface area contributed by atoms with E-state index in [0.29, 0.717) is 0 Å². The fraction of sp³-hybridized carbons (Fsp3) is 0.261. The molecule has 1 aliphatic rings. The van der Waals surface area contributed by atoms with Crippen LogP contribution in [0.1, 0.15) is 37.5 Å². The Balaban J connectivity index is 1.80. The van der Waals surface area contributed by atoms with Gasteiger partial charge in [-0.15, -0.1) is 0 Å². The van der Waals surface area contributed by atoms with Gasteiger partial charge in [0.1, 0.15) is 11.9 Å². The van der Waals surface area contributed by atoms with Gasteiger partial charge in [0.15, 0.2) is 0 Å². The van der Waals surface area contributed by atoms with E-state index in [1.807, 2.05) is 0 Å². The lowest BCUT2D eigenvalue weighted by Crippen LogP contribution is -2.58. The number of ether oxygens (including phenoxy) is 2. The molecule has 3 amide bonds. The highest BCUT2D eigenvalue weighted by atomic mass is 19.1. The topological polar surface area (TPSA) is 131 Å². The maximum atomic E-state index is 13.2. The zero-order chi connectivity index (χ0) is 24.8. The van der Waals surface area contributed by atoms with Crippen LogP contribution in [0.2, 0.25) is 0 Å². The summed E-state index contributed by atoms with van der Waals surface area (Å²) in [5, 5.41) is 5.15. The van der Waals surface area contributed by atoms with Gasteiger partial charge < -0.3 is 25.0 Å². The van der Waals surface area contributed by atoms with Gasteiger partial charge in [0.05, 0.1) is 31.8 Å². The molecule has 2 aromatic carbocycles. The van der Waals surface area contributed by atoms with E-state index in [0.717, 1.165) is 12.1 Å². The molecule has 34 heavy (non-hydrogen) atoms. The lowest BCUT2D eigenvalue weighted by molar-refractivity contribution is -0.131. The van der Waals surface area contributed by atoms with Crippen LogP contribution >= 0.6 is 0 Å². The molecule has 1 saturated heterocycles. The number of halogens is 1. The largest absolute Gasteiger partial charge is 0.465 e. The highest BCUT2D eigenvalue weighted by Crippen LogP contribution is 2.19. The Morgan fingerprint density at radius 3 is 2.15 bits per heavy atom. The quantitative estimate of drug-likeness (QED) is 0.609. The number of nitrogens with one attached hydrogen (secondary N) is 2. The van der Waals surface area contributed by atoms with Crippen molar-refractivity contribution in [3.8, 4) is 0 Å². The number of carbonyl (C=O) groups is 5. The van der Waals surface area contributed by atoms with Gasteiger partial charge in [-0.25, -0.2) is 14.0 Å². The number of hydrogen-bond donors (Lipinski definition) is 2. The number of rotatable bonds is 6. The van der Waals surface area contributed by atoms with Crippen LogP contribution in [0.25, 0.3) is 0 Å². The summed E-state index contributed by atoms with van der Waals surface area (Å²) in [4.78, 5) is 63.3. The van der Waals surface area contributed by atoms with E-state index in [-0.39, 0.29) is 35.5 Å². The van der Waals surface area contributed by atoms with Crippen molar-refractivity contribution < 1.29 is 37.8 Å². The number of amides is 3. The van der Waals surface area contributed by atoms with E-state index < -0.39 is 47.9 Å². The molecule has 0 aromatic heterocycles. The Kier molecular flexibility index (Phi) is 7.57. The zero-order valence-corrected chi connectivity index (χ0v) is 18.4. The number of carbonyl (C=O) groups excluding carboxylic acids is 5. The smallest absolute Gasteiger partial charge is 0.337 e. The van der Waals surface area contributed by atoms with Gasteiger partial charge in [-0.1, -0.05) is 0 Å². The third-order valence-corrected chi connectivity index (χ3v) is 5.12. The fourth-order valence-electron chi connectivity index (χ4n) is 3.48. The standard InChI is InChI=1S/C23H22FN3O7/c1-33-22(31)14-9-15(23(32)34-2)11-17(10-14)26-19(28)12-18-20(29)25-7-8-27(18)21(30)13-3-5-16(24)6-4-13/h3-6,9-11,18H,7-8,12H2,1-2H3,(H,25,29)(H,26,28)/t18-/m1/s1. The summed E-state index contributed by atoms with van der Waals surface area (Å²) in [5.41, 5.74) is 0.282. The molecule has 11 heteroatoms. The van der Waals surface area contributed by atoms with Gasteiger partial charge in [-0.05, 0) is 42.5 Å². The summed E-state index contributed by atoms with van der Waals surface area (Å²) in [5.74, 6) is -3.65. The molecular formula is C23H22FN3O7. The van der Waals surface area contributed by atoms with Crippen molar-refractivity contribution in [1.29, 1.82) is 0 Å². The third-order valence-electron chi connectivity index (χ3n) is 5.12. The number of methoxy groups -OCH3 is 2. The average Bonchev–Trinajstić information content (AvgIpc) is 2.84. The molecule has 2 N–H and O–H groups in total. The molecule has 1 heterocycles. The zero-order valence-electron chi connectivity index (χ0n) is 18.4. The van der Waals surface area contributed by atoms with Crippen molar-refractivity contribution in [2.24, 2.45) is 0 Å². The molecule has 178 valence electrons. The molecule has 1 atom stereocenters. The van der Waals surface area contributed by atoms with Crippen molar-refractivity contribution in [1.82, 2.24) is 10.2 Å². The lowest BCUT2D eigenvalue weighted by Gasteiger charge is -2.34. The predicted molar refractivity (Wildman–Crippen MR) is 117 cm³/mol. The summed E-state index contributed by atoms with van der Waals surface area (Å²) in [6.45, 7) is 0.359. The van der Waals surface area contributed by atoms with Crippen LogP contribution in [0.4, 0.5) is 10.1 Å². The van der Waals surface area contributed by atoms with Crippen molar-refractivity contribution in [3.05, 3.63) is 65.0 Å². The highest BCUT2D eigenvalue weighted by Gasteiger charge is 2.35. The molecule has 0 radical (unpaired) electrons. The second-order valence-corrected chi connectivity index (χ2v) is 7.35. The first-order chi connectivity index (χ1) is 16.2. The molecule has 0 bridgehead atoms. The second-order valence-electron chi connectivity index (χ2n) is 7.35. The van der Waals surface area contributed by atoms with E-state index in [1.165, 1.54) is 49.5 Å². The Morgan fingerprint density at radius 1 is 1.00 bits per heavy atom. The molecule has 1 fully saturated rings. The molecule has 0 aliphatic carbocycles. The highest BCUT2D eigenvalue weighted by molar-refractivity contribution is 6.02. The van der Waals surface area contributed by atoms with E-state index >= 15 is 0 Å². The molecule has 10 nitrogen and oxygen atoms in total. The minimum Gasteiger partial charge on any atom is -0.465 e. The van der Waals surface area contributed by atoms with Gasteiger partial charge in [0, 0.05) is 24.3 Å². The second kappa shape index (κ2) is 10.6. The van der Waals surface area contributed by atoms with Crippen molar-refractivity contribution in [2.75, 3.05) is 32.6 Å². The molecule has 2 aromatic rings. The van der Waals surface area contributed by atoms with Crippen LogP contribution in [0.5, 0.6) is 0 Å². The average molecular weight is 471 g/mol. The summed E-state index contributed by atoms with van der Waals surface area (Å²) in [6, 6.07) is 7.61. The van der Waals surface area contributed by atoms with Crippen LogP contribution in [0, 0.1) is 5.82 Å². The normalized spacial score (nSPS) is 15.2. The Bertz CT molecular complexity index is 1100. The third kappa shape index (κ3) is 5.55. The van der Waals surface area contributed by atoms with Crippen LogP contribution in [0.3, 0.4) is 0 Å². The Labute approximate surface area is 194 Å². The predicted octanol–water partition coefficient (Wildman–Crippen LogP) is 1.37. The molecule has 0 unspecified atom stereocenters. The summed E-state index contributed by atoms with van der Waals surface area (Å²) in [7, 11) is 2.33. The van der Waals surface area contributed by atoms with Crippen molar-refractivity contribution in [3.63, 3.8) is 0 Å². The van der Waals surface area contributed by atoms with Gasteiger partial charge in [0.2, 0.25) is 11.8 Å². The number of piperazine rings is 1. The number of anilines is 1. The first-order valence-electron chi connectivity index (χ1n) is 10.2. The van der Waals surface area contributed by atoms with Crippen molar-refractivity contribution >= 4 is 35.3 Å². The molecule has 0 spiro atoms. The van der Waals surface area contributed by atoms with E-state index in [2.05, 4.69) is 20.1 Å². The summed E-state index contributed by atoms with van der Waals surface area (Å²) < 4.78 is 22.5. The molecule has 3 rings (SSSR count). The fourth-order valence-corrected chi connectivity index (χ4v) is 3.48. The molecule has 1 aliphatic heterocycles. The Morgan fingerprint density at radius 2 is 1.59 bits per heavy atom. The minimum absolute atomic E-state index is 0.00391. The van der Waals surface area contributed by atoms with Gasteiger partial charge in [-0.2, -0.15) is 0 Å². The Hall–Kier alpha value is -4.28. The van der Waals surface area contributed by atoms with Gasteiger partial charge >= 0.3 is 11.9 Å². The maximum Gasteiger partial charge on any atom is 0.337 e. The van der Waals surface area contributed by atoms with Gasteiger partial charge in [0.25, 0.3) is 5.91 Å². The first kappa shape index (κ1) is 24.4.